The summed E-state index contributed by atoms with van der Waals surface area (Å²) in [4.78, 5) is 31.6. The average molecular weight is 358 g/mol. The van der Waals surface area contributed by atoms with Crippen molar-refractivity contribution in [1.29, 1.82) is 0 Å². The number of thiazole rings is 1. The van der Waals surface area contributed by atoms with Crippen molar-refractivity contribution in [2.75, 3.05) is 11.9 Å². The highest BCUT2D eigenvalue weighted by Crippen LogP contribution is 2.29. The van der Waals surface area contributed by atoms with Crippen LogP contribution in [0.2, 0.25) is 0 Å². The van der Waals surface area contributed by atoms with E-state index in [1.165, 1.54) is 17.6 Å². The number of fused-ring (bicyclic) bond motifs is 1. The van der Waals surface area contributed by atoms with Crippen molar-refractivity contribution in [3.05, 3.63) is 52.2 Å². The number of aryl methyl sites for hydroxylation is 1. The smallest absolute Gasteiger partial charge is 0.293 e. The Hall–Kier alpha value is -2.94. The van der Waals surface area contributed by atoms with Gasteiger partial charge in [0.1, 0.15) is 5.76 Å². The molecule has 25 heavy (non-hydrogen) atoms. The maximum atomic E-state index is 12.5. The molecule has 3 aromatic heterocycles. The Morgan fingerprint density at radius 3 is 3.00 bits per heavy atom. The van der Waals surface area contributed by atoms with Crippen molar-refractivity contribution in [3.8, 4) is 0 Å². The molecule has 3 aromatic rings. The second-order valence-corrected chi connectivity index (χ2v) is 6.70. The Morgan fingerprint density at radius 1 is 1.40 bits per heavy atom. The molecule has 9 heteroatoms. The number of amides is 2. The minimum absolute atomic E-state index is 0.169. The van der Waals surface area contributed by atoms with E-state index in [1.807, 2.05) is 0 Å². The van der Waals surface area contributed by atoms with Crippen molar-refractivity contribution < 1.29 is 18.5 Å². The second kappa shape index (κ2) is 6.17. The summed E-state index contributed by atoms with van der Waals surface area (Å²) < 4.78 is 10.0. The molecule has 0 fully saturated rings. The lowest BCUT2D eigenvalue weighted by Gasteiger charge is -2.25. The van der Waals surface area contributed by atoms with Crippen LogP contribution in [-0.2, 0) is 13.0 Å². The predicted molar refractivity (Wildman–Crippen MR) is 88.5 cm³/mol. The van der Waals surface area contributed by atoms with Crippen LogP contribution in [0.3, 0.4) is 0 Å². The Bertz CT molecular complexity index is 928. The third kappa shape index (κ3) is 3.05. The van der Waals surface area contributed by atoms with Crippen LogP contribution in [0.5, 0.6) is 0 Å². The summed E-state index contributed by atoms with van der Waals surface area (Å²) in [6, 6.07) is 4.86. The number of furan rings is 1. The van der Waals surface area contributed by atoms with Gasteiger partial charge < -0.3 is 13.8 Å². The SMILES string of the molecule is Cc1cc(C(=O)N2CCc3nc(NC(=O)c4ccco4)sc3C2)no1. The fourth-order valence-corrected chi connectivity index (χ4v) is 3.64. The third-order valence-corrected chi connectivity index (χ3v) is 4.83. The molecule has 0 radical (unpaired) electrons. The molecular formula is C16H14N4O4S. The Morgan fingerprint density at radius 2 is 2.28 bits per heavy atom. The van der Waals surface area contributed by atoms with Gasteiger partial charge in [0.25, 0.3) is 11.8 Å². The van der Waals surface area contributed by atoms with E-state index >= 15 is 0 Å². The monoisotopic (exact) mass is 358 g/mol. The molecule has 0 unspecified atom stereocenters. The van der Waals surface area contributed by atoms with Crippen molar-refractivity contribution in [2.45, 2.75) is 19.9 Å². The lowest BCUT2D eigenvalue weighted by molar-refractivity contribution is 0.0725. The van der Waals surface area contributed by atoms with E-state index < -0.39 is 0 Å². The van der Waals surface area contributed by atoms with E-state index in [0.717, 1.165) is 10.6 Å². The van der Waals surface area contributed by atoms with Crippen LogP contribution in [0.4, 0.5) is 5.13 Å². The van der Waals surface area contributed by atoms with Crippen molar-refractivity contribution >= 4 is 28.3 Å². The van der Waals surface area contributed by atoms with Gasteiger partial charge in [-0.1, -0.05) is 16.5 Å². The normalized spacial score (nSPS) is 13.6. The highest BCUT2D eigenvalue weighted by Gasteiger charge is 2.27. The molecule has 0 saturated heterocycles. The molecule has 0 saturated carbocycles. The van der Waals surface area contributed by atoms with Crippen molar-refractivity contribution in [3.63, 3.8) is 0 Å². The average Bonchev–Trinajstić information content (AvgIpc) is 3.33. The van der Waals surface area contributed by atoms with Gasteiger partial charge in [-0.05, 0) is 19.1 Å². The van der Waals surface area contributed by atoms with E-state index in [0.29, 0.717) is 36.1 Å². The van der Waals surface area contributed by atoms with E-state index in [-0.39, 0.29) is 17.6 Å². The van der Waals surface area contributed by atoms with E-state index in [1.54, 1.807) is 30.0 Å². The number of hydrogen-bond donors (Lipinski definition) is 1. The number of rotatable bonds is 3. The number of hydrogen-bond acceptors (Lipinski definition) is 7. The molecule has 1 aliphatic heterocycles. The molecule has 1 N–H and O–H groups in total. The highest BCUT2D eigenvalue weighted by molar-refractivity contribution is 7.15. The first-order valence-electron chi connectivity index (χ1n) is 7.66. The summed E-state index contributed by atoms with van der Waals surface area (Å²) in [5, 5.41) is 7.00. The van der Waals surface area contributed by atoms with Gasteiger partial charge >= 0.3 is 0 Å². The molecule has 0 aromatic carbocycles. The number of nitrogens with one attached hydrogen (secondary N) is 1. The Kier molecular flexibility index (Phi) is 3.85. The summed E-state index contributed by atoms with van der Waals surface area (Å²) in [5.74, 6) is 0.312. The quantitative estimate of drug-likeness (QED) is 0.772. The molecule has 4 rings (SSSR count). The van der Waals surface area contributed by atoms with E-state index in [4.69, 9.17) is 8.94 Å². The van der Waals surface area contributed by atoms with Crippen molar-refractivity contribution in [2.24, 2.45) is 0 Å². The Labute approximate surface area is 146 Å². The first-order chi connectivity index (χ1) is 12.1. The maximum absolute atomic E-state index is 12.5. The number of carbonyl (C=O) groups excluding carboxylic acids is 2. The molecule has 1 aliphatic rings. The lowest BCUT2D eigenvalue weighted by atomic mass is 10.1. The summed E-state index contributed by atoms with van der Waals surface area (Å²) in [6.45, 7) is 2.73. The summed E-state index contributed by atoms with van der Waals surface area (Å²) >= 11 is 1.36. The summed E-state index contributed by atoms with van der Waals surface area (Å²) in [7, 11) is 0. The van der Waals surface area contributed by atoms with Gasteiger partial charge in [-0.25, -0.2) is 4.98 Å². The zero-order chi connectivity index (χ0) is 17.4. The van der Waals surface area contributed by atoms with Crippen molar-refractivity contribution in [1.82, 2.24) is 15.0 Å². The van der Waals surface area contributed by atoms with Crippen LogP contribution in [0.15, 0.2) is 33.4 Å². The lowest BCUT2D eigenvalue weighted by Crippen LogP contribution is -2.35. The highest BCUT2D eigenvalue weighted by atomic mass is 32.1. The van der Waals surface area contributed by atoms with E-state index in [9.17, 15) is 9.59 Å². The van der Waals surface area contributed by atoms with Crippen LogP contribution in [0.25, 0.3) is 0 Å². The molecule has 4 heterocycles. The minimum atomic E-state index is -0.345. The van der Waals surface area contributed by atoms with Gasteiger partial charge in [-0.15, -0.1) is 0 Å². The van der Waals surface area contributed by atoms with Gasteiger partial charge in [-0.2, -0.15) is 0 Å². The van der Waals surface area contributed by atoms with Gasteiger partial charge in [-0.3, -0.25) is 14.9 Å². The first kappa shape index (κ1) is 15.6. The van der Waals surface area contributed by atoms with Crippen LogP contribution in [0, 0.1) is 6.92 Å². The molecule has 0 atom stereocenters. The van der Waals surface area contributed by atoms with Crippen LogP contribution in [-0.4, -0.2) is 33.4 Å². The van der Waals surface area contributed by atoms with Gasteiger partial charge in [0.15, 0.2) is 16.6 Å². The standard InChI is InChI=1S/C16H14N4O4S/c1-9-7-11(19-24-9)15(22)20-5-4-10-13(8-20)25-16(17-10)18-14(21)12-3-2-6-23-12/h2-3,6-7H,4-5,8H2,1H3,(H,17,18,21). The maximum Gasteiger partial charge on any atom is 0.293 e. The van der Waals surface area contributed by atoms with Crippen LogP contribution >= 0.6 is 11.3 Å². The summed E-state index contributed by atoms with van der Waals surface area (Å²) in [6.07, 6.45) is 2.07. The molecule has 0 aliphatic carbocycles. The fraction of sp³-hybridized carbons (Fsp3) is 0.250. The fourth-order valence-electron chi connectivity index (χ4n) is 2.62. The molecule has 128 valence electrons. The zero-order valence-electron chi connectivity index (χ0n) is 13.3. The van der Waals surface area contributed by atoms with Gasteiger partial charge in [0.05, 0.1) is 18.5 Å². The molecule has 0 bridgehead atoms. The van der Waals surface area contributed by atoms with Crippen LogP contribution < -0.4 is 5.32 Å². The molecule has 8 nitrogen and oxygen atoms in total. The molecule has 0 spiro atoms. The Balaban J connectivity index is 1.47. The van der Waals surface area contributed by atoms with Gasteiger partial charge in [0.2, 0.25) is 0 Å². The zero-order valence-corrected chi connectivity index (χ0v) is 14.1. The summed E-state index contributed by atoms with van der Waals surface area (Å²) in [5.41, 5.74) is 1.21. The first-order valence-corrected chi connectivity index (χ1v) is 8.48. The van der Waals surface area contributed by atoms with Gasteiger partial charge in [0, 0.05) is 23.9 Å². The van der Waals surface area contributed by atoms with E-state index in [2.05, 4.69) is 15.5 Å². The number of anilines is 1. The largest absolute Gasteiger partial charge is 0.459 e. The molecular weight excluding hydrogens is 344 g/mol. The second-order valence-electron chi connectivity index (χ2n) is 5.62. The predicted octanol–water partition coefficient (Wildman–Crippen LogP) is 2.48. The number of aromatic nitrogens is 2. The van der Waals surface area contributed by atoms with Crippen LogP contribution in [0.1, 0.15) is 37.4 Å². The molecule has 2 amide bonds. The number of carbonyl (C=O) groups is 2. The minimum Gasteiger partial charge on any atom is -0.459 e. The topological polar surface area (TPSA) is 101 Å². The number of nitrogens with zero attached hydrogens (tertiary/aromatic N) is 3. The third-order valence-electron chi connectivity index (χ3n) is 3.83.